The monoisotopic (exact) mass is 184 g/mol. The van der Waals surface area contributed by atoms with Crippen molar-refractivity contribution in [3.63, 3.8) is 0 Å². The maximum atomic E-state index is 9.46. The first kappa shape index (κ1) is 9.73. The third-order valence-corrected chi connectivity index (χ3v) is 1.47. The van der Waals surface area contributed by atoms with E-state index in [1.54, 1.807) is 19.9 Å². The van der Waals surface area contributed by atoms with Crippen LogP contribution in [0.2, 0.25) is 0 Å². The van der Waals surface area contributed by atoms with Crippen LogP contribution in [-0.2, 0) is 4.74 Å². The number of hydrogen-bond acceptors (Lipinski definition) is 5. The highest BCUT2D eigenvalue weighted by Crippen LogP contribution is 2.13. The van der Waals surface area contributed by atoms with Gasteiger partial charge in [0.05, 0.1) is 6.61 Å². The molecule has 1 aromatic heterocycles. The summed E-state index contributed by atoms with van der Waals surface area (Å²) in [7, 11) is 0. The molecule has 0 fully saturated rings. The fourth-order valence-corrected chi connectivity index (χ4v) is 0.883. The lowest BCUT2D eigenvalue weighted by Crippen LogP contribution is -2.14. The van der Waals surface area contributed by atoms with Gasteiger partial charge in [-0.05, 0) is 13.8 Å². The summed E-state index contributed by atoms with van der Waals surface area (Å²) < 4.78 is 9.57. The maximum absolute atomic E-state index is 9.46. The van der Waals surface area contributed by atoms with Gasteiger partial charge in [-0.15, -0.1) is 0 Å². The molecular weight excluding hydrogens is 172 g/mol. The molecule has 0 aliphatic rings. The van der Waals surface area contributed by atoms with Crippen LogP contribution in [0, 0.1) is 12.3 Å². The van der Waals surface area contributed by atoms with Crippen LogP contribution in [0.3, 0.4) is 0 Å². The standard InChI is InChI=1S/C8H12N2O3/c1-3-12-8(9)7(11)6-4-5(2)13-10-6/h4,7,9,11H,3H2,1-2H3. The molecule has 1 rings (SSSR count). The molecule has 0 saturated heterocycles. The quantitative estimate of drug-likeness (QED) is 0.543. The third-order valence-electron chi connectivity index (χ3n) is 1.47. The molecule has 0 aliphatic carbocycles. The molecule has 1 heterocycles. The molecule has 5 nitrogen and oxygen atoms in total. The number of nitrogens with zero attached hydrogens (tertiary/aromatic N) is 1. The van der Waals surface area contributed by atoms with Crippen LogP contribution in [0.4, 0.5) is 0 Å². The van der Waals surface area contributed by atoms with E-state index in [1.807, 2.05) is 0 Å². The van der Waals surface area contributed by atoms with Gasteiger partial charge in [-0.2, -0.15) is 0 Å². The number of ether oxygens (including phenoxy) is 1. The molecule has 0 amide bonds. The van der Waals surface area contributed by atoms with Crippen molar-refractivity contribution in [2.75, 3.05) is 6.61 Å². The first-order valence-corrected chi connectivity index (χ1v) is 3.97. The van der Waals surface area contributed by atoms with Crippen molar-refractivity contribution in [2.24, 2.45) is 0 Å². The predicted molar refractivity (Wildman–Crippen MR) is 45.6 cm³/mol. The number of nitrogens with one attached hydrogen (secondary N) is 1. The van der Waals surface area contributed by atoms with Gasteiger partial charge in [0.1, 0.15) is 11.5 Å². The summed E-state index contributed by atoms with van der Waals surface area (Å²) >= 11 is 0. The zero-order valence-electron chi connectivity index (χ0n) is 7.57. The molecular formula is C8H12N2O3. The van der Waals surface area contributed by atoms with Crippen molar-refractivity contribution in [2.45, 2.75) is 20.0 Å². The lowest BCUT2D eigenvalue weighted by molar-refractivity contribution is 0.182. The summed E-state index contributed by atoms with van der Waals surface area (Å²) in [5.41, 5.74) is 0.302. The van der Waals surface area contributed by atoms with Crippen molar-refractivity contribution in [1.29, 1.82) is 5.41 Å². The number of hydrogen-bond donors (Lipinski definition) is 2. The normalized spacial score (nSPS) is 12.5. The van der Waals surface area contributed by atoms with E-state index < -0.39 is 6.10 Å². The van der Waals surface area contributed by atoms with Crippen molar-refractivity contribution in [3.05, 3.63) is 17.5 Å². The molecule has 0 radical (unpaired) electrons. The Kier molecular flexibility index (Phi) is 3.02. The van der Waals surface area contributed by atoms with Crippen LogP contribution in [0.15, 0.2) is 10.6 Å². The number of aryl methyl sites for hydroxylation is 1. The highest BCUT2D eigenvalue weighted by atomic mass is 16.5. The van der Waals surface area contributed by atoms with E-state index >= 15 is 0 Å². The second-order valence-electron chi connectivity index (χ2n) is 2.56. The SMILES string of the molecule is CCOC(=N)C(O)c1cc(C)on1. The van der Waals surface area contributed by atoms with Crippen LogP contribution in [0.1, 0.15) is 24.5 Å². The minimum Gasteiger partial charge on any atom is -0.479 e. The molecule has 2 N–H and O–H groups in total. The minimum atomic E-state index is -1.13. The second-order valence-corrected chi connectivity index (χ2v) is 2.56. The van der Waals surface area contributed by atoms with E-state index in [-0.39, 0.29) is 5.90 Å². The maximum Gasteiger partial charge on any atom is 0.216 e. The molecule has 0 spiro atoms. The van der Waals surface area contributed by atoms with E-state index in [2.05, 4.69) is 5.16 Å². The Balaban J connectivity index is 2.67. The molecule has 1 atom stereocenters. The molecule has 0 aliphatic heterocycles. The third kappa shape index (κ3) is 2.29. The lowest BCUT2D eigenvalue weighted by atomic mass is 10.2. The molecule has 1 unspecified atom stereocenters. The summed E-state index contributed by atoms with van der Waals surface area (Å²) in [4.78, 5) is 0. The average molecular weight is 184 g/mol. The van der Waals surface area contributed by atoms with Crippen LogP contribution >= 0.6 is 0 Å². The zero-order valence-corrected chi connectivity index (χ0v) is 7.57. The predicted octanol–water partition coefficient (Wildman–Crippen LogP) is 1.03. The average Bonchev–Trinajstić information content (AvgIpc) is 2.51. The molecule has 0 bridgehead atoms. The highest BCUT2D eigenvalue weighted by Gasteiger charge is 2.18. The largest absolute Gasteiger partial charge is 0.479 e. The summed E-state index contributed by atoms with van der Waals surface area (Å²) in [6.07, 6.45) is -1.13. The zero-order chi connectivity index (χ0) is 9.84. The van der Waals surface area contributed by atoms with Gasteiger partial charge in [-0.1, -0.05) is 5.16 Å². The van der Waals surface area contributed by atoms with Gasteiger partial charge >= 0.3 is 0 Å². The topological polar surface area (TPSA) is 79.3 Å². The summed E-state index contributed by atoms with van der Waals surface area (Å²) in [5, 5.41) is 20.3. The first-order chi connectivity index (χ1) is 6.15. The Morgan fingerprint density at radius 2 is 2.54 bits per heavy atom. The van der Waals surface area contributed by atoms with E-state index in [0.717, 1.165) is 0 Å². The van der Waals surface area contributed by atoms with Gasteiger partial charge in [-0.3, -0.25) is 5.41 Å². The second kappa shape index (κ2) is 4.04. The first-order valence-electron chi connectivity index (χ1n) is 3.97. The van der Waals surface area contributed by atoms with Gasteiger partial charge in [0, 0.05) is 6.07 Å². The molecule has 72 valence electrons. The molecule has 1 aromatic rings. The molecule has 0 saturated carbocycles. The Labute approximate surface area is 75.8 Å². The number of rotatable bonds is 3. The van der Waals surface area contributed by atoms with E-state index in [4.69, 9.17) is 14.7 Å². The number of aliphatic hydroxyl groups excluding tert-OH is 1. The number of aromatic nitrogens is 1. The summed E-state index contributed by atoms with van der Waals surface area (Å²) in [6, 6.07) is 1.57. The molecule has 13 heavy (non-hydrogen) atoms. The van der Waals surface area contributed by atoms with Gasteiger partial charge in [0.2, 0.25) is 5.90 Å². The lowest BCUT2D eigenvalue weighted by Gasteiger charge is -2.08. The summed E-state index contributed by atoms with van der Waals surface area (Å²) in [6.45, 7) is 3.82. The van der Waals surface area contributed by atoms with Gasteiger partial charge in [0.25, 0.3) is 0 Å². The van der Waals surface area contributed by atoms with Crippen LogP contribution in [0.5, 0.6) is 0 Å². The van der Waals surface area contributed by atoms with E-state index in [9.17, 15) is 5.11 Å². The van der Waals surface area contributed by atoms with Gasteiger partial charge < -0.3 is 14.4 Å². The van der Waals surface area contributed by atoms with Crippen LogP contribution < -0.4 is 0 Å². The molecule has 5 heteroatoms. The van der Waals surface area contributed by atoms with Gasteiger partial charge in [-0.25, -0.2) is 0 Å². The fraction of sp³-hybridized carbons (Fsp3) is 0.500. The van der Waals surface area contributed by atoms with Crippen LogP contribution in [-0.4, -0.2) is 22.8 Å². The van der Waals surface area contributed by atoms with Gasteiger partial charge in [0.15, 0.2) is 6.10 Å². The fourth-order valence-electron chi connectivity index (χ4n) is 0.883. The Morgan fingerprint density at radius 1 is 1.85 bits per heavy atom. The van der Waals surface area contributed by atoms with Crippen molar-refractivity contribution in [3.8, 4) is 0 Å². The Bertz CT molecular complexity index is 295. The Hall–Kier alpha value is -1.36. The Morgan fingerprint density at radius 3 is 3.00 bits per heavy atom. The van der Waals surface area contributed by atoms with Crippen LogP contribution in [0.25, 0.3) is 0 Å². The molecule has 0 aromatic carbocycles. The minimum absolute atomic E-state index is 0.212. The van der Waals surface area contributed by atoms with E-state index in [0.29, 0.717) is 18.1 Å². The number of aliphatic hydroxyl groups is 1. The van der Waals surface area contributed by atoms with E-state index in [1.165, 1.54) is 0 Å². The van der Waals surface area contributed by atoms with Crippen molar-refractivity contribution < 1.29 is 14.4 Å². The highest BCUT2D eigenvalue weighted by molar-refractivity contribution is 5.78. The summed E-state index contributed by atoms with van der Waals surface area (Å²) in [5.74, 6) is 0.383. The van der Waals surface area contributed by atoms with Crippen molar-refractivity contribution >= 4 is 5.90 Å². The smallest absolute Gasteiger partial charge is 0.216 e. The van der Waals surface area contributed by atoms with Crippen molar-refractivity contribution in [1.82, 2.24) is 5.16 Å².